The number of aromatic nitrogens is 3. The van der Waals surface area contributed by atoms with Crippen LogP contribution in [0.2, 0.25) is 5.02 Å². The van der Waals surface area contributed by atoms with Gasteiger partial charge in [0, 0.05) is 24.3 Å². The maximum Gasteiger partial charge on any atom is 0.339 e. The van der Waals surface area contributed by atoms with E-state index in [1.54, 1.807) is 12.1 Å². The summed E-state index contributed by atoms with van der Waals surface area (Å²) in [7, 11) is 1.41. The summed E-state index contributed by atoms with van der Waals surface area (Å²) in [5.41, 5.74) is 3.62. The summed E-state index contributed by atoms with van der Waals surface area (Å²) >= 11 is 6.53. The molecular formula is C24H21ClN4O5. The van der Waals surface area contributed by atoms with Crippen molar-refractivity contribution in [3.63, 3.8) is 0 Å². The zero-order chi connectivity index (χ0) is 23.7. The van der Waals surface area contributed by atoms with E-state index in [2.05, 4.69) is 19.9 Å². The summed E-state index contributed by atoms with van der Waals surface area (Å²) in [6.45, 7) is 3.18. The van der Waals surface area contributed by atoms with Gasteiger partial charge in [-0.3, -0.25) is 0 Å². The first-order valence-electron chi connectivity index (χ1n) is 10.6. The average Bonchev–Trinajstić information content (AvgIpc) is 3.25. The lowest BCUT2D eigenvalue weighted by molar-refractivity contribution is 0.0693. The number of hydrogen-bond donors (Lipinski definition) is 2. The number of fused-ring (bicyclic) bond motifs is 1. The van der Waals surface area contributed by atoms with Crippen LogP contribution in [0.4, 0.5) is 5.69 Å². The molecule has 5 rings (SSSR count). The van der Waals surface area contributed by atoms with Gasteiger partial charge in [0.2, 0.25) is 0 Å². The van der Waals surface area contributed by atoms with Crippen LogP contribution >= 0.6 is 11.6 Å². The van der Waals surface area contributed by atoms with Crippen molar-refractivity contribution in [2.75, 3.05) is 38.3 Å². The number of rotatable bonds is 6. The maximum atomic E-state index is 11.5. The van der Waals surface area contributed by atoms with E-state index >= 15 is 0 Å². The lowest BCUT2D eigenvalue weighted by Crippen LogP contribution is -2.36. The summed E-state index contributed by atoms with van der Waals surface area (Å²) in [5, 5.41) is 9.84. The second-order valence-corrected chi connectivity index (χ2v) is 8.05. The Bertz CT molecular complexity index is 1350. The number of ether oxygens (including phenoxy) is 3. The SMILES string of the molecule is COc1ccc(Oc2nc3nc(-c4ccc(N5CCOCC5)cc4)c(Cl)cc3[nH]2)cc1C(=O)O. The van der Waals surface area contributed by atoms with Crippen molar-refractivity contribution in [2.24, 2.45) is 0 Å². The quantitative estimate of drug-likeness (QED) is 0.411. The summed E-state index contributed by atoms with van der Waals surface area (Å²) < 4.78 is 16.2. The van der Waals surface area contributed by atoms with E-state index in [1.807, 2.05) is 24.3 Å². The molecule has 10 heteroatoms. The number of hydrogen-bond acceptors (Lipinski definition) is 7. The number of aromatic amines is 1. The molecule has 3 heterocycles. The fraction of sp³-hybridized carbons (Fsp3) is 0.208. The van der Waals surface area contributed by atoms with E-state index in [9.17, 15) is 9.90 Å². The molecule has 4 aromatic rings. The predicted molar refractivity (Wildman–Crippen MR) is 127 cm³/mol. The number of aromatic carboxylic acids is 1. The molecular weight excluding hydrogens is 460 g/mol. The van der Waals surface area contributed by atoms with E-state index in [-0.39, 0.29) is 17.3 Å². The molecule has 174 valence electrons. The number of carboxylic acid groups (broad SMARTS) is 1. The van der Waals surface area contributed by atoms with Crippen LogP contribution < -0.4 is 14.4 Å². The molecule has 2 N–H and O–H groups in total. The molecule has 0 atom stereocenters. The Morgan fingerprint density at radius 1 is 1.12 bits per heavy atom. The van der Waals surface area contributed by atoms with Crippen LogP contribution in [-0.4, -0.2) is 59.4 Å². The maximum absolute atomic E-state index is 11.5. The average molecular weight is 481 g/mol. The third-order valence-corrected chi connectivity index (χ3v) is 5.83. The minimum Gasteiger partial charge on any atom is -0.496 e. The molecule has 1 fully saturated rings. The van der Waals surface area contributed by atoms with Crippen LogP contribution in [0.3, 0.4) is 0 Å². The normalized spacial score (nSPS) is 13.8. The van der Waals surface area contributed by atoms with E-state index in [0.717, 1.165) is 37.6 Å². The molecule has 1 saturated heterocycles. The highest BCUT2D eigenvalue weighted by Crippen LogP contribution is 2.32. The molecule has 0 unspecified atom stereocenters. The Kier molecular flexibility index (Phi) is 5.95. The van der Waals surface area contributed by atoms with Crippen LogP contribution in [0.1, 0.15) is 10.4 Å². The van der Waals surface area contributed by atoms with Crippen molar-refractivity contribution in [3.05, 3.63) is 59.1 Å². The largest absolute Gasteiger partial charge is 0.496 e. The molecule has 0 saturated carbocycles. The number of anilines is 1. The van der Waals surface area contributed by atoms with Gasteiger partial charge in [0.25, 0.3) is 0 Å². The molecule has 0 aliphatic carbocycles. The molecule has 0 amide bonds. The second-order valence-electron chi connectivity index (χ2n) is 7.65. The minimum atomic E-state index is -1.12. The van der Waals surface area contributed by atoms with Crippen molar-refractivity contribution in [3.8, 4) is 28.8 Å². The van der Waals surface area contributed by atoms with Gasteiger partial charge in [0.05, 0.1) is 36.6 Å². The molecule has 1 aliphatic heterocycles. The Labute approximate surface area is 199 Å². The van der Waals surface area contributed by atoms with E-state index in [4.69, 9.17) is 25.8 Å². The lowest BCUT2D eigenvalue weighted by atomic mass is 10.1. The van der Waals surface area contributed by atoms with E-state index in [1.165, 1.54) is 19.2 Å². The number of carbonyl (C=O) groups is 1. The summed E-state index contributed by atoms with van der Waals surface area (Å²) in [6, 6.07) is 14.5. The molecule has 1 aliphatic rings. The van der Waals surface area contributed by atoms with Crippen molar-refractivity contribution in [1.82, 2.24) is 15.0 Å². The summed E-state index contributed by atoms with van der Waals surface area (Å²) in [5.74, 6) is -0.589. The zero-order valence-corrected chi connectivity index (χ0v) is 19.0. The van der Waals surface area contributed by atoms with E-state index < -0.39 is 5.97 Å². The Morgan fingerprint density at radius 3 is 2.59 bits per heavy atom. The van der Waals surface area contributed by atoms with Gasteiger partial charge in [-0.25, -0.2) is 9.78 Å². The number of pyridine rings is 1. The van der Waals surface area contributed by atoms with Gasteiger partial charge in [-0.2, -0.15) is 4.98 Å². The molecule has 2 aromatic carbocycles. The standard InChI is InChI=1S/C24H21ClN4O5/c1-32-20-7-6-16(12-17(20)23(30)31)34-24-26-19-13-18(25)21(27-22(19)28-24)14-2-4-15(5-3-14)29-8-10-33-11-9-29/h2-7,12-13H,8-11H2,1H3,(H,30,31)(H,26,27,28). The number of morpholine rings is 1. The predicted octanol–water partition coefficient (Wildman–Crippen LogP) is 4.61. The van der Waals surface area contributed by atoms with Gasteiger partial charge < -0.3 is 29.2 Å². The summed E-state index contributed by atoms with van der Waals surface area (Å²) in [6.07, 6.45) is 0. The van der Waals surface area contributed by atoms with Crippen LogP contribution in [-0.2, 0) is 4.74 Å². The molecule has 0 bridgehead atoms. The molecule has 0 radical (unpaired) electrons. The topological polar surface area (TPSA) is 110 Å². The third-order valence-electron chi connectivity index (χ3n) is 5.54. The molecule has 0 spiro atoms. The molecule has 9 nitrogen and oxygen atoms in total. The highest BCUT2D eigenvalue weighted by molar-refractivity contribution is 6.33. The Balaban J connectivity index is 1.41. The fourth-order valence-corrected chi connectivity index (χ4v) is 4.09. The Hall–Kier alpha value is -3.82. The lowest BCUT2D eigenvalue weighted by Gasteiger charge is -2.28. The van der Waals surface area contributed by atoms with E-state index in [0.29, 0.717) is 27.6 Å². The fourth-order valence-electron chi connectivity index (χ4n) is 3.83. The van der Waals surface area contributed by atoms with Crippen LogP contribution in [0.15, 0.2) is 48.5 Å². The number of methoxy groups -OCH3 is 1. The van der Waals surface area contributed by atoms with Crippen molar-refractivity contribution < 1.29 is 24.1 Å². The van der Waals surface area contributed by atoms with Gasteiger partial charge in [-0.15, -0.1) is 0 Å². The van der Waals surface area contributed by atoms with Crippen LogP contribution in [0, 0.1) is 0 Å². The van der Waals surface area contributed by atoms with Gasteiger partial charge >= 0.3 is 12.0 Å². The second kappa shape index (κ2) is 9.20. The highest BCUT2D eigenvalue weighted by atomic mass is 35.5. The van der Waals surface area contributed by atoms with Crippen molar-refractivity contribution in [2.45, 2.75) is 0 Å². The first-order valence-corrected chi connectivity index (χ1v) is 11.0. The summed E-state index contributed by atoms with van der Waals surface area (Å²) in [4.78, 5) is 25.8. The number of imidazole rings is 1. The van der Waals surface area contributed by atoms with Gasteiger partial charge in [0.15, 0.2) is 5.65 Å². The first-order chi connectivity index (χ1) is 16.5. The van der Waals surface area contributed by atoms with Gasteiger partial charge in [-0.1, -0.05) is 23.7 Å². The first kappa shape index (κ1) is 22.0. The zero-order valence-electron chi connectivity index (χ0n) is 18.2. The number of benzene rings is 2. The van der Waals surface area contributed by atoms with Crippen molar-refractivity contribution >= 4 is 34.4 Å². The van der Waals surface area contributed by atoms with Crippen LogP contribution in [0.5, 0.6) is 17.5 Å². The number of carboxylic acids is 1. The van der Waals surface area contributed by atoms with Gasteiger partial charge in [-0.05, 0) is 36.4 Å². The number of H-pyrrole nitrogens is 1. The third kappa shape index (κ3) is 4.35. The monoisotopic (exact) mass is 480 g/mol. The molecule has 34 heavy (non-hydrogen) atoms. The van der Waals surface area contributed by atoms with Gasteiger partial charge in [0.1, 0.15) is 17.1 Å². The van der Waals surface area contributed by atoms with Crippen LogP contribution in [0.25, 0.3) is 22.4 Å². The smallest absolute Gasteiger partial charge is 0.339 e. The molecule has 2 aromatic heterocycles. The highest BCUT2D eigenvalue weighted by Gasteiger charge is 2.16. The number of nitrogens with one attached hydrogen (secondary N) is 1. The Morgan fingerprint density at radius 2 is 1.88 bits per heavy atom. The minimum absolute atomic E-state index is 0.0138. The van der Waals surface area contributed by atoms with Crippen molar-refractivity contribution in [1.29, 1.82) is 0 Å². The number of halogens is 1. The number of nitrogens with zero attached hydrogens (tertiary/aromatic N) is 3.